The highest BCUT2D eigenvalue weighted by molar-refractivity contribution is 6.01. The van der Waals surface area contributed by atoms with Crippen molar-refractivity contribution in [1.29, 1.82) is 0 Å². The first-order chi connectivity index (χ1) is 17.1. The molecule has 0 aromatic heterocycles. The van der Waals surface area contributed by atoms with E-state index in [1.54, 1.807) is 48.5 Å². The molecule has 174 valence electrons. The Hall–Kier alpha value is -4.51. The van der Waals surface area contributed by atoms with Gasteiger partial charge in [0.2, 0.25) is 0 Å². The maximum atomic E-state index is 12.9. The van der Waals surface area contributed by atoms with Crippen LogP contribution in [0.25, 0.3) is 11.1 Å². The van der Waals surface area contributed by atoms with Crippen molar-refractivity contribution in [2.75, 3.05) is 11.9 Å². The second kappa shape index (κ2) is 11.6. The maximum absolute atomic E-state index is 12.9. The lowest BCUT2D eigenvalue weighted by Gasteiger charge is -2.18. The zero-order chi connectivity index (χ0) is 24.5. The van der Waals surface area contributed by atoms with Crippen molar-refractivity contribution in [3.8, 4) is 11.1 Å². The van der Waals surface area contributed by atoms with Gasteiger partial charge in [0.15, 0.2) is 18.2 Å². The zero-order valence-corrected chi connectivity index (χ0v) is 19.1. The molecule has 1 N–H and O–H groups in total. The van der Waals surface area contributed by atoms with Crippen LogP contribution in [0, 0.1) is 0 Å². The summed E-state index contributed by atoms with van der Waals surface area (Å²) in [6, 6.07) is 34.0. The normalized spacial score (nSPS) is 11.3. The van der Waals surface area contributed by atoms with Gasteiger partial charge in [-0.1, -0.05) is 103 Å². The molecule has 1 unspecified atom stereocenters. The Morgan fingerprint density at radius 2 is 1.11 bits per heavy atom. The molecule has 0 aliphatic heterocycles. The van der Waals surface area contributed by atoms with Crippen LogP contribution in [-0.2, 0) is 9.53 Å². The van der Waals surface area contributed by atoms with Crippen LogP contribution in [0.4, 0.5) is 5.69 Å². The fourth-order valence-corrected chi connectivity index (χ4v) is 3.66. The van der Waals surface area contributed by atoms with E-state index in [1.165, 1.54) is 0 Å². The van der Waals surface area contributed by atoms with Gasteiger partial charge in [-0.05, 0) is 23.3 Å². The van der Waals surface area contributed by atoms with E-state index in [-0.39, 0.29) is 18.0 Å². The number of ether oxygens (including phenoxy) is 1. The summed E-state index contributed by atoms with van der Waals surface area (Å²) in [4.78, 5) is 38.3. The lowest BCUT2D eigenvalue weighted by Crippen LogP contribution is -2.34. The summed E-state index contributed by atoms with van der Waals surface area (Å²) >= 11 is 0. The molecule has 4 rings (SSSR count). The number of esters is 1. The number of hydrogen-bond donors (Lipinski definition) is 1. The number of benzene rings is 4. The minimum Gasteiger partial charge on any atom is -0.456 e. The Morgan fingerprint density at radius 3 is 1.74 bits per heavy atom. The zero-order valence-electron chi connectivity index (χ0n) is 19.1. The van der Waals surface area contributed by atoms with Crippen LogP contribution in [0.1, 0.15) is 27.1 Å². The van der Waals surface area contributed by atoms with Crippen molar-refractivity contribution >= 4 is 23.2 Å². The van der Waals surface area contributed by atoms with Crippen molar-refractivity contribution < 1.29 is 19.1 Å². The fraction of sp³-hybridized carbons (Fsp3) is 0.100. The van der Waals surface area contributed by atoms with Gasteiger partial charge in [-0.2, -0.15) is 0 Å². The molecule has 4 aromatic rings. The monoisotopic (exact) mass is 463 g/mol. The Kier molecular flexibility index (Phi) is 7.81. The molecule has 0 bridgehead atoms. The van der Waals surface area contributed by atoms with Gasteiger partial charge in [-0.15, -0.1) is 0 Å². The first-order valence-corrected chi connectivity index (χ1v) is 11.4. The summed E-state index contributed by atoms with van der Waals surface area (Å²) in [6.45, 7) is -0.407. The molecule has 0 spiro atoms. The SMILES string of the molecule is O=C(COC(=O)C(CC(=O)c1ccccc1)Nc1ccccc1)c1ccc(-c2ccccc2)cc1. The molecular formula is C30H25NO4. The van der Waals surface area contributed by atoms with E-state index >= 15 is 0 Å². The third-order valence-electron chi connectivity index (χ3n) is 5.54. The molecule has 5 nitrogen and oxygen atoms in total. The molecule has 0 saturated heterocycles. The van der Waals surface area contributed by atoms with Crippen molar-refractivity contribution in [3.05, 3.63) is 126 Å². The number of Topliss-reactive ketones (excluding diaryl/α,β-unsaturated/α-hetero) is 2. The molecule has 5 heteroatoms. The highest BCUT2D eigenvalue weighted by atomic mass is 16.5. The van der Waals surface area contributed by atoms with Gasteiger partial charge in [-0.25, -0.2) is 4.79 Å². The molecule has 0 heterocycles. The summed E-state index contributed by atoms with van der Waals surface area (Å²) in [5.74, 6) is -1.17. The van der Waals surface area contributed by atoms with E-state index < -0.39 is 18.6 Å². The number of nitrogens with one attached hydrogen (secondary N) is 1. The first-order valence-electron chi connectivity index (χ1n) is 11.4. The summed E-state index contributed by atoms with van der Waals surface area (Å²) in [6.07, 6.45) is -0.0995. The van der Waals surface area contributed by atoms with Gasteiger partial charge in [-0.3, -0.25) is 9.59 Å². The highest BCUT2D eigenvalue weighted by Crippen LogP contribution is 2.20. The van der Waals surface area contributed by atoms with Crippen LogP contribution in [0.5, 0.6) is 0 Å². The molecule has 0 aliphatic rings. The summed E-state index contributed by atoms with van der Waals surface area (Å²) in [5, 5.41) is 3.06. The third-order valence-corrected chi connectivity index (χ3v) is 5.54. The van der Waals surface area contributed by atoms with Crippen molar-refractivity contribution in [3.63, 3.8) is 0 Å². The lowest BCUT2D eigenvalue weighted by atomic mass is 10.0. The topological polar surface area (TPSA) is 72.5 Å². The Morgan fingerprint density at radius 1 is 0.600 bits per heavy atom. The van der Waals surface area contributed by atoms with Crippen LogP contribution in [0.3, 0.4) is 0 Å². The average molecular weight is 464 g/mol. The minimum absolute atomic E-state index is 0.0995. The molecule has 0 radical (unpaired) electrons. The Balaban J connectivity index is 1.41. The van der Waals surface area contributed by atoms with Crippen LogP contribution < -0.4 is 5.32 Å². The number of carbonyl (C=O) groups is 3. The number of para-hydroxylation sites is 1. The number of anilines is 1. The molecule has 0 fully saturated rings. The van der Waals surface area contributed by atoms with Crippen LogP contribution in [0.2, 0.25) is 0 Å². The first kappa shape index (κ1) is 23.6. The molecule has 0 amide bonds. The van der Waals surface area contributed by atoms with Crippen LogP contribution >= 0.6 is 0 Å². The maximum Gasteiger partial charge on any atom is 0.329 e. The summed E-state index contributed by atoms with van der Waals surface area (Å²) in [5.41, 5.74) is 3.68. The van der Waals surface area contributed by atoms with Gasteiger partial charge < -0.3 is 10.1 Å². The predicted molar refractivity (Wildman–Crippen MR) is 136 cm³/mol. The second-order valence-corrected chi connectivity index (χ2v) is 8.03. The molecule has 0 aliphatic carbocycles. The summed E-state index contributed by atoms with van der Waals surface area (Å²) < 4.78 is 5.34. The summed E-state index contributed by atoms with van der Waals surface area (Å²) in [7, 11) is 0. The van der Waals surface area contributed by atoms with Gasteiger partial charge in [0.05, 0.1) is 0 Å². The average Bonchev–Trinajstić information content (AvgIpc) is 2.92. The highest BCUT2D eigenvalue weighted by Gasteiger charge is 2.25. The molecule has 35 heavy (non-hydrogen) atoms. The minimum atomic E-state index is -0.932. The van der Waals surface area contributed by atoms with Crippen molar-refractivity contribution in [1.82, 2.24) is 0 Å². The standard InChI is InChI=1S/C30H25NO4/c32-28(24-12-6-2-7-13-24)20-27(31-26-14-8-3-9-15-26)30(34)35-21-29(33)25-18-16-23(17-19-25)22-10-4-1-5-11-22/h1-19,27,31H,20-21H2. The quantitative estimate of drug-likeness (QED) is 0.237. The van der Waals surface area contributed by atoms with E-state index in [0.29, 0.717) is 16.8 Å². The van der Waals surface area contributed by atoms with E-state index in [9.17, 15) is 14.4 Å². The lowest BCUT2D eigenvalue weighted by molar-refractivity contribution is -0.143. The Labute approximate surface area is 204 Å². The number of carbonyl (C=O) groups excluding carboxylic acids is 3. The molecular weight excluding hydrogens is 438 g/mol. The predicted octanol–water partition coefficient (Wildman–Crippen LogP) is 5.83. The van der Waals surface area contributed by atoms with Gasteiger partial charge in [0.25, 0.3) is 0 Å². The van der Waals surface area contributed by atoms with Gasteiger partial charge in [0.1, 0.15) is 6.04 Å². The van der Waals surface area contributed by atoms with Crippen LogP contribution in [0.15, 0.2) is 115 Å². The second-order valence-electron chi connectivity index (χ2n) is 8.03. The number of hydrogen-bond acceptors (Lipinski definition) is 5. The molecule has 1 atom stereocenters. The largest absolute Gasteiger partial charge is 0.456 e. The van der Waals surface area contributed by atoms with Gasteiger partial charge in [0, 0.05) is 23.2 Å². The van der Waals surface area contributed by atoms with Gasteiger partial charge >= 0.3 is 5.97 Å². The van der Waals surface area contributed by atoms with E-state index in [2.05, 4.69) is 5.32 Å². The van der Waals surface area contributed by atoms with Crippen molar-refractivity contribution in [2.24, 2.45) is 0 Å². The van der Waals surface area contributed by atoms with E-state index in [0.717, 1.165) is 11.1 Å². The van der Waals surface area contributed by atoms with E-state index in [1.807, 2.05) is 66.7 Å². The fourth-order valence-electron chi connectivity index (χ4n) is 3.66. The number of ketones is 2. The smallest absolute Gasteiger partial charge is 0.329 e. The number of rotatable bonds is 10. The molecule has 4 aromatic carbocycles. The van der Waals surface area contributed by atoms with E-state index in [4.69, 9.17) is 4.74 Å². The van der Waals surface area contributed by atoms with Crippen LogP contribution in [-0.4, -0.2) is 30.2 Å². The third kappa shape index (κ3) is 6.51. The van der Waals surface area contributed by atoms with Crippen molar-refractivity contribution in [2.45, 2.75) is 12.5 Å². The molecule has 0 saturated carbocycles. The Bertz CT molecular complexity index is 1270.